The summed E-state index contributed by atoms with van der Waals surface area (Å²) in [6.45, 7) is 0. The minimum absolute atomic E-state index is 0.138. The second-order valence-corrected chi connectivity index (χ2v) is 4.73. The molecule has 1 amide bonds. The lowest BCUT2D eigenvalue weighted by Crippen LogP contribution is -2.08. The van der Waals surface area contributed by atoms with Crippen LogP contribution in [0.2, 0.25) is 5.02 Å². The Balaban J connectivity index is 2.07. The van der Waals surface area contributed by atoms with Crippen LogP contribution >= 0.6 is 11.6 Å². The number of amides is 1. The summed E-state index contributed by atoms with van der Waals surface area (Å²) in [5.74, 6) is -1.45. The van der Waals surface area contributed by atoms with E-state index in [1.54, 1.807) is 30.3 Å². The van der Waals surface area contributed by atoms with E-state index >= 15 is 0 Å². The molecular formula is C15H10ClFN2O3. The van der Waals surface area contributed by atoms with Crippen LogP contribution in [0.1, 0.15) is 5.56 Å². The van der Waals surface area contributed by atoms with Gasteiger partial charge in [-0.2, -0.15) is 4.39 Å². The van der Waals surface area contributed by atoms with Crippen molar-refractivity contribution in [2.24, 2.45) is 0 Å². The van der Waals surface area contributed by atoms with Gasteiger partial charge in [-0.1, -0.05) is 23.7 Å². The predicted octanol–water partition coefficient (Wildman–Crippen LogP) is 4.04. The summed E-state index contributed by atoms with van der Waals surface area (Å²) in [7, 11) is 0. The Morgan fingerprint density at radius 3 is 2.55 bits per heavy atom. The van der Waals surface area contributed by atoms with E-state index in [1.807, 2.05) is 0 Å². The van der Waals surface area contributed by atoms with Crippen molar-refractivity contribution in [1.82, 2.24) is 0 Å². The maximum Gasteiger partial charge on any atom is 0.306 e. The van der Waals surface area contributed by atoms with Gasteiger partial charge in [0.1, 0.15) is 0 Å². The number of nitro benzene ring substituents is 1. The molecule has 0 heterocycles. The Morgan fingerprint density at radius 2 is 1.91 bits per heavy atom. The van der Waals surface area contributed by atoms with Crippen LogP contribution in [0.5, 0.6) is 0 Å². The SMILES string of the molecule is O=C(C=Cc1ccc(Cl)cc1)Nc1ccc(F)c([N+](=O)[O-])c1. The minimum atomic E-state index is -0.959. The number of benzene rings is 2. The minimum Gasteiger partial charge on any atom is -0.322 e. The average molecular weight is 321 g/mol. The molecule has 0 aliphatic heterocycles. The van der Waals surface area contributed by atoms with E-state index in [9.17, 15) is 19.3 Å². The molecule has 0 saturated heterocycles. The van der Waals surface area contributed by atoms with Crippen LogP contribution in [0.15, 0.2) is 48.5 Å². The molecule has 0 radical (unpaired) electrons. The molecule has 0 unspecified atom stereocenters. The number of carbonyl (C=O) groups excluding carboxylic acids is 1. The lowest BCUT2D eigenvalue weighted by Gasteiger charge is -2.02. The van der Waals surface area contributed by atoms with Gasteiger partial charge in [-0.15, -0.1) is 0 Å². The van der Waals surface area contributed by atoms with Crippen molar-refractivity contribution < 1.29 is 14.1 Å². The largest absolute Gasteiger partial charge is 0.322 e. The smallest absolute Gasteiger partial charge is 0.306 e. The highest BCUT2D eigenvalue weighted by molar-refractivity contribution is 6.30. The number of hydrogen-bond acceptors (Lipinski definition) is 3. The third-order valence-corrected chi connectivity index (χ3v) is 2.96. The zero-order valence-electron chi connectivity index (χ0n) is 11.1. The van der Waals surface area contributed by atoms with Crippen LogP contribution < -0.4 is 5.32 Å². The van der Waals surface area contributed by atoms with Crippen molar-refractivity contribution in [3.05, 3.63) is 75.1 Å². The molecule has 112 valence electrons. The first-order valence-corrected chi connectivity index (χ1v) is 6.52. The molecule has 5 nitrogen and oxygen atoms in total. The van der Waals surface area contributed by atoms with Crippen LogP contribution in [0.3, 0.4) is 0 Å². The van der Waals surface area contributed by atoms with E-state index in [2.05, 4.69) is 5.32 Å². The molecule has 0 aliphatic carbocycles. The van der Waals surface area contributed by atoms with Crippen molar-refractivity contribution in [2.75, 3.05) is 5.32 Å². The van der Waals surface area contributed by atoms with Gasteiger partial charge in [0, 0.05) is 22.9 Å². The summed E-state index contributed by atoms with van der Waals surface area (Å²) >= 11 is 5.75. The molecule has 0 saturated carbocycles. The molecular weight excluding hydrogens is 311 g/mol. The van der Waals surface area contributed by atoms with Gasteiger partial charge in [0.2, 0.25) is 11.7 Å². The van der Waals surface area contributed by atoms with Crippen molar-refractivity contribution in [3.63, 3.8) is 0 Å². The molecule has 2 aromatic rings. The van der Waals surface area contributed by atoms with E-state index in [4.69, 9.17) is 11.6 Å². The molecule has 0 spiro atoms. The normalized spacial score (nSPS) is 10.6. The Hall–Kier alpha value is -2.73. The fourth-order valence-electron chi connectivity index (χ4n) is 1.66. The quantitative estimate of drug-likeness (QED) is 0.525. The van der Waals surface area contributed by atoms with E-state index < -0.39 is 22.3 Å². The van der Waals surface area contributed by atoms with Crippen LogP contribution in [0, 0.1) is 15.9 Å². The maximum atomic E-state index is 13.2. The molecule has 22 heavy (non-hydrogen) atoms. The highest BCUT2D eigenvalue weighted by atomic mass is 35.5. The molecule has 7 heteroatoms. The van der Waals surface area contributed by atoms with E-state index in [0.717, 1.165) is 17.7 Å². The van der Waals surface area contributed by atoms with Gasteiger partial charge in [0.15, 0.2) is 0 Å². The van der Waals surface area contributed by atoms with Crippen molar-refractivity contribution in [3.8, 4) is 0 Å². The third-order valence-electron chi connectivity index (χ3n) is 2.71. The molecule has 0 atom stereocenters. The maximum absolute atomic E-state index is 13.2. The first-order valence-electron chi connectivity index (χ1n) is 6.14. The Bertz CT molecular complexity index is 745. The van der Waals surface area contributed by atoms with E-state index in [-0.39, 0.29) is 5.69 Å². The van der Waals surface area contributed by atoms with Crippen LogP contribution in [0.4, 0.5) is 15.8 Å². The second-order valence-electron chi connectivity index (χ2n) is 4.30. The summed E-state index contributed by atoms with van der Waals surface area (Å²) in [6.07, 6.45) is 2.82. The van der Waals surface area contributed by atoms with Gasteiger partial charge >= 0.3 is 5.69 Å². The summed E-state index contributed by atoms with van der Waals surface area (Å²) in [6, 6.07) is 9.96. The standard InChI is InChI=1S/C15H10ClFN2O3/c16-11-4-1-10(2-5-11)3-8-15(20)18-12-6-7-13(17)14(9-12)19(21)22/h1-9H,(H,18,20). The topological polar surface area (TPSA) is 72.2 Å². The van der Waals surface area contributed by atoms with E-state index in [0.29, 0.717) is 5.02 Å². The first-order chi connectivity index (χ1) is 10.5. The number of carbonyl (C=O) groups is 1. The van der Waals surface area contributed by atoms with Crippen LogP contribution in [-0.2, 0) is 4.79 Å². The number of nitrogens with zero attached hydrogens (tertiary/aromatic N) is 1. The van der Waals surface area contributed by atoms with E-state index in [1.165, 1.54) is 12.1 Å². The Kier molecular flexibility index (Phi) is 4.85. The van der Waals surface area contributed by atoms with Crippen LogP contribution in [0.25, 0.3) is 6.08 Å². The summed E-state index contributed by atoms with van der Waals surface area (Å²) in [5.41, 5.74) is 0.211. The lowest BCUT2D eigenvalue weighted by atomic mass is 10.2. The Labute approximate surface area is 130 Å². The fourth-order valence-corrected chi connectivity index (χ4v) is 1.79. The number of anilines is 1. The highest BCUT2D eigenvalue weighted by Gasteiger charge is 2.14. The molecule has 2 aromatic carbocycles. The number of halogens is 2. The van der Waals surface area contributed by atoms with Crippen molar-refractivity contribution >= 4 is 35.0 Å². The second kappa shape index (κ2) is 6.82. The van der Waals surface area contributed by atoms with Gasteiger partial charge in [-0.3, -0.25) is 14.9 Å². The van der Waals surface area contributed by atoms with Crippen molar-refractivity contribution in [2.45, 2.75) is 0 Å². The van der Waals surface area contributed by atoms with Gasteiger partial charge in [-0.05, 0) is 35.9 Å². The molecule has 2 rings (SSSR count). The zero-order valence-corrected chi connectivity index (χ0v) is 11.9. The summed E-state index contributed by atoms with van der Waals surface area (Å²) in [5, 5.41) is 13.6. The molecule has 0 fully saturated rings. The Morgan fingerprint density at radius 1 is 1.23 bits per heavy atom. The highest BCUT2D eigenvalue weighted by Crippen LogP contribution is 2.21. The number of rotatable bonds is 4. The number of nitro groups is 1. The third kappa shape index (κ3) is 4.13. The lowest BCUT2D eigenvalue weighted by molar-refractivity contribution is -0.387. The van der Waals surface area contributed by atoms with Gasteiger partial charge < -0.3 is 5.32 Å². The van der Waals surface area contributed by atoms with Crippen LogP contribution in [-0.4, -0.2) is 10.8 Å². The molecule has 0 aliphatic rings. The van der Waals surface area contributed by atoms with Crippen molar-refractivity contribution in [1.29, 1.82) is 0 Å². The summed E-state index contributed by atoms with van der Waals surface area (Å²) < 4.78 is 13.2. The zero-order chi connectivity index (χ0) is 16.1. The molecule has 0 aromatic heterocycles. The predicted molar refractivity (Wildman–Crippen MR) is 82.2 cm³/mol. The van der Waals surface area contributed by atoms with Gasteiger partial charge in [-0.25, -0.2) is 0 Å². The molecule has 1 N–H and O–H groups in total. The average Bonchev–Trinajstić information content (AvgIpc) is 2.48. The monoisotopic (exact) mass is 320 g/mol. The fraction of sp³-hybridized carbons (Fsp3) is 0. The van der Waals surface area contributed by atoms with Gasteiger partial charge in [0.05, 0.1) is 4.92 Å². The summed E-state index contributed by atoms with van der Waals surface area (Å²) in [4.78, 5) is 21.5. The first kappa shape index (κ1) is 15.7. The van der Waals surface area contributed by atoms with Gasteiger partial charge in [0.25, 0.3) is 0 Å². The number of hydrogen-bond donors (Lipinski definition) is 1. The number of nitrogens with one attached hydrogen (secondary N) is 1. The molecule has 0 bridgehead atoms.